The summed E-state index contributed by atoms with van der Waals surface area (Å²) in [7, 11) is 0. The molecule has 2 aliphatic carbocycles. The number of carbonyl (C=O) groups is 1. The fourth-order valence-electron chi connectivity index (χ4n) is 2.89. The number of hydrogen-bond acceptors (Lipinski definition) is 3. The maximum atomic E-state index is 12.4. The summed E-state index contributed by atoms with van der Waals surface area (Å²) >= 11 is 6.22. The van der Waals surface area contributed by atoms with E-state index in [0.717, 1.165) is 17.2 Å². The summed E-state index contributed by atoms with van der Waals surface area (Å²) in [5, 5.41) is 12.1. The van der Waals surface area contributed by atoms with Crippen molar-refractivity contribution in [1.29, 1.82) is 0 Å². The van der Waals surface area contributed by atoms with Gasteiger partial charge in [0.25, 0.3) is 5.91 Å². The van der Waals surface area contributed by atoms with Crippen LogP contribution in [0, 0.1) is 6.92 Å². The minimum absolute atomic E-state index is 0.169. The molecule has 1 aromatic heterocycles. The third-order valence-electron chi connectivity index (χ3n) is 4.49. The van der Waals surface area contributed by atoms with E-state index in [1.807, 2.05) is 19.1 Å². The van der Waals surface area contributed by atoms with Gasteiger partial charge in [-0.1, -0.05) is 23.7 Å². The summed E-state index contributed by atoms with van der Waals surface area (Å²) in [6, 6.07) is 6.00. The molecule has 2 aliphatic rings. The van der Waals surface area contributed by atoms with Crippen molar-refractivity contribution in [2.75, 3.05) is 0 Å². The van der Waals surface area contributed by atoms with Gasteiger partial charge in [-0.15, -0.1) is 10.2 Å². The lowest BCUT2D eigenvalue weighted by atomic mass is 10.1. The number of amides is 1. The lowest BCUT2D eigenvalue weighted by Gasteiger charge is -2.10. The van der Waals surface area contributed by atoms with Crippen molar-refractivity contribution in [3.05, 3.63) is 46.0 Å². The molecule has 0 saturated heterocycles. The zero-order chi connectivity index (χ0) is 16.0. The van der Waals surface area contributed by atoms with Gasteiger partial charge in [0.05, 0.1) is 17.1 Å². The van der Waals surface area contributed by atoms with E-state index >= 15 is 0 Å². The SMILES string of the molecule is Cc1cccc(C(=O)NCc2nnc(C3CC3)n2C2CC2)c1Cl. The van der Waals surface area contributed by atoms with Crippen LogP contribution in [0.5, 0.6) is 0 Å². The van der Waals surface area contributed by atoms with Gasteiger partial charge in [-0.25, -0.2) is 0 Å². The summed E-state index contributed by atoms with van der Waals surface area (Å²) in [5.41, 5.74) is 1.41. The highest BCUT2D eigenvalue weighted by atomic mass is 35.5. The molecule has 1 amide bonds. The number of benzene rings is 1. The van der Waals surface area contributed by atoms with Gasteiger partial charge in [0, 0.05) is 12.0 Å². The molecule has 2 saturated carbocycles. The lowest BCUT2D eigenvalue weighted by molar-refractivity contribution is 0.0949. The van der Waals surface area contributed by atoms with E-state index in [1.54, 1.807) is 6.07 Å². The Bertz CT molecular complexity index is 762. The summed E-state index contributed by atoms with van der Waals surface area (Å²) < 4.78 is 2.25. The first kappa shape index (κ1) is 14.7. The Kier molecular flexibility index (Phi) is 3.60. The van der Waals surface area contributed by atoms with Crippen molar-refractivity contribution >= 4 is 17.5 Å². The van der Waals surface area contributed by atoms with E-state index in [4.69, 9.17) is 11.6 Å². The Labute approximate surface area is 140 Å². The standard InChI is InChI=1S/C17H19ClN4O/c1-10-3-2-4-13(15(10)18)17(23)19-9-14-20-21-16(11-5-6-11)22(14)12-7-8-12/h2-4,11-12H,5-9H2,1H3,(H,19,23). The number of nitrogens with zero attached hydrogens (tertiary/aromatic N) is 3. The summed E-state index contributed by atoms with van der Waals surface area (Å²) in [5.74, 6) is 2.35. The molecular weight excluding hydrogens is 312 g/mol. The monoisotopic (exact) mass is 330 g/mol. The highest BCUT2D eigenvalue weighted by Crippen LogP contribution is 2.44. The van der Waals surface area contributed by atoms with Crippen LogP contribution in [-0.4, -0.2) is 20.7 Å². The van der Waals surface area contributed by atoms with Crippen molar-refractivity contribution in [3.63, 3.8) is 0 Å². The largest absolute Gasteiger partial charge is 0.345 e. The molecule has 5 nitrogen and oxygen atoms in total. The molecule has 0 atom stereocenters. The van der Waals surface area contributed by atoms with Crippen LogP contribution in [0.1, 0.15) is 65.2 Å². The van der Waals surface area contributed by atoms with E-state index in [-0.39, 0.29) is 5.91 Å². The third kappa shape index (κ3) is 2.85. The van der Waals surface area contributed by atoms with Gasteiger partial charge in [-0.2, -0.15) is 0 Å². The highest BCUT2D eigenvalue weighted by Gasteiger charge is 2.36. The summed E-state index contributed by atoms with van der Waals surface area (Å²) in [4.78, 5) is 12.4. The van der Waals surface area contributed by atoms with Gasteiger partial charge < -0.3 is 9.88 Å². The molecule has 23 heavy (non-hydrogen) atoms. The lowest BCUT2D eigenvalue weighted by Crippen LogP contribution is -2.25. The third-order valence-corrected chi connectivity index (χ3v) is 4.99. The maximum Gasteiger partial charge on any atom is 0.253 e. The molecular formula is C17H19ClN4O. The second-order valence-electron chi connectivity index (χ2n) is 6.47. The Morgan fingerprint density at radius 1 is 1.30 bits per heavy atom. The van der Waals surface area contributed by atoms with Crippen molar-refractivity contribution < 1.29 is 4.79 Å². The van der Waals surface area contributed by atoms with Gasteiger partial charge in [0.15, 0.2) is 5.82 Å². The van der Waals surface area contributed by atoms with Crippen molar-refractivity contribution in [2.24, 2.45) is 0 Å². The average molecular weight is 331 g/mol. The van der Waals surface area contributed by atoms with Crippen LogP contribution in [0.3, 0.4) is 0 Å². The fraction of sp³-hybridized carbons (Fsp3) is 0.471. The Morgan fingerprint density at radius 2 is 2.09 bits per heavy atom. The molecule has 1 heterocycles. The van der Waals surface area contributed by atoms with Crippen LogP contribution in [0.25, 0.3) is 0 Å². The van der Waals surface area contributed by atoms with Crippen LogP contribution in [-0.2, 0) is 6.54 Å². The van der Waals surface area contributed by atoms with Gasteiger partial charge in [-0.3, -0.25) is 4.79 Å². The predicted molar refractivity (Wildman–Crippen MR) is 87.6 cm³/mol. The van der Waals surface area contributed by atoms with Crippen molar-refractivity contribution in [3.8, 4) is 0 Å². The number of halogens is 1. The minimum atomic E-state index is -0.169. The molecule has 120 valence electrons. The van der Waals surface area contributed by atoms with Crippen LogP contribution in [0.4, 0.5) is 0 Å². The molecule has 0 bridgehead atoms. The second kappa shape index (κ2) is 5.64. The van der Waals surface area contributed by atoms with Crippen molar-refractivity contribution in [1.82, 2.24) is 20.1 Å². The molecule has 1 N–H and O–H groups in total. The van der Waals surface area contributed by atoms with Crippen LogP contribution >= 0.6 is 11.6 Å². The highest BCUT2D eigenvalue weighted by molar-refractivity contribution is 6.34. The topological polar surface area (TPSA) is 59.8 Å². The number of nitrogens with one attached hydrogen (secondary N) is 1. The quantitative estimate of drug-likeness (QED) is 0.914. The first-order valence-electron chi connectivity index (χ1n) is 8.12. The second-order valence-corrected chi connectivity index (χ2v) is 6.85. The molecule has 4 rings (SSSR count). The molecule has 1 aromatic carbocycles. The molecule has 2 fully saturated rings. The average Bonchev–Trinajstić information content (AvgIpc) is 3.46. The van der Waals surface area contributed by atoms with E-state index < -0.39 is 0 Å². The first-order chi connectivity index (χ1) is 11.1. The molecule has 0 radical (unpaired) electrons. The number of aryl methyl sites for hydroxylation is 1. The fourth-order valence-corrected chi connectivity index (χ4v) is 3.10. The van der Waals surface area contributed by atoms with E-state index in [0.29, 0.717) is 29.1 Å². The molecule has 0 spiro atoms. The van der Waals surface area contributed by atoms with Gasteiger partial charge >= 0.3 is 0 Å². The summed E-state index contributed by atoms with van der Waals surface area (Å²) in [6.07, 6.45) is 4.77. The Balaban J connectivity index is 1.51. The van der Waals surface area contributed by atoms with Gasteiger partial charge in [0.1, 0.15) is 5.82 Å². The first-order valence-corrected chi connectivity index (χ1v) is 8.50. The van der Waals surface area contributed by atoms with Crippen molar-refractivity contribution in [2.45, 2.75) is 51.1 Å². The summed E-state index contributed by atoms with van der Waals surface area (Å²) in [6.45, 7) is 2.28. The Hall–Kier alpha value is -1.88. The number of aromatic nitrogens is 3. The van der Waals surface area contributed by atoms with E-state index in [2.05, 4.69) is 20.1 Å². The molecule has 0 unspecified atom stereocenters. The normalized spacial score (nSPS) is 17.3. The molecule has 6 heteroatoms. The minimum Gasteiger partial charge on any atom is -0.345 e. The smallest absolute Gasteiger partial charge is 0.253 e. The number of carbonyl (C=O) groups excluding carboxylic acids is 1. The van der Waals surface area contributed by atoms with Gasteiger partial charge in [0.2, 0.25) is 0 Å². The van der Waals surface area contributed by atoms with E-state index in [1.165, 1.54) is 25.7 Å². The zero-order valence-electron chi connectivity index (χ0n) is 13.1. The molecule has 0 aliphatic heterocycles. The predicted octanol–water partition coefficient (Wildman–Crippen LogP) is 3.38. The number of rotatable bonds is 5. The maximum absolute atomic E-state index is 12.4. The van der Waals surface area contributed by atoms with Crippen LogP contribution in [0.15, 0.2) is 18.2 Å². The van der Waals surface area contributed by atoms with Crippen LogP contribution < -0.4 is 5.32 Å². The molecule has 2 aromatic rings. The zero-order valence-corrected chi connectivity index (χ0v) is 13.8. The van der Waals surface area contributed by atoms with Gasteiger partial charge in [-0.05, 0) is 44.2 Å². The van der Waals surface area contributed by atoms with Crippen LogP contribution in [0.2, 0.25) is 5.02 Å². The number of hydrogen-bond donors (Lipinski definition) is 1. The van der Waals surface area contributed by atoms with E-state index in [9.17, 15) is 4.79 Å². The Morgan fingerprint density at radius 3 is 2.78 bits per heavy atom.